The molecule has 0 bridgehead atoms. The summed E-state index contributed by atoms with van der Waals surface area (Å²) in [5.41, 5.74) is 0.435. The Labute approximate surface area is 79.3 Å². The van der Waals surface area contributed by atoms with Crippen LogP contribution in [0.5, 0.6) is 0 Å². The summed E-state index contributed by atoms with van der Waals surface area (Å²) in [4.78, 5) is 2.27. The molecular formula is C10H16N2O. The van der Waals surface area contributed by atoms with Gasteiger partial charge in [0, 0.05) is 18.5 Å². The van der Waals surface area contributed by atoms with Crippen molar-refractivity contribution in [3.05, 3.63) is 0 Å². The van der Waals surface area contributed by atoms with Gasteiger partial charge in [0.15, 0.2) is 0 Å². The Hall–Kier alpha value is -0.590. The predicted molar refractivity (Wildman–Crippen MR) is 49.1 cm³/mol. The van der Waals surface area contributed by atoms with Gasteiger partial charge in [0.2, 0.25) is 0 Å². The number of hydrogen-bond donors (Lipinski definition) is 0. The molecule has 0 N–H and O–H groups in total. The van der Waals surface area contributed by atoms with Crippen LogP contribution in [0.3, 0.4) is 0 Å². The Bertz CT molecular complexity index is 232. The lowest BCUT2D eigenvalue weighted by atomic mass is 9.76. The molecule has 2 heterocycles. The molecule has 3 heteroatoms. The normalized spacial score (nSPS) is 27.8. The first-order chi connectivity index (χ1) is 6.17. The molecule has 1 spiro atoms. The molecule has 2 aliphatic heterocycles. The van der Waals surface area contributed by atoms with Crippen LogP contribution in [-0.2, 0) is 4.74 Å². The summed E-state index contributed by atoms with van der Waals surface area (Å²) in [7, 11) is 0. The van der Waals surface area contributed by atoms with E-state index in [0.717, 1.165) is 26.3 Å². The molecule has 0 aromatic heterocycles. The van der Waals surface area contributed by atoms with Gasteiger partial charge < -0.3 is 4.74 Å². The summed E-state index contributed by atoms with van der Waals surface area (Å²) in [6.07, 6.45) is 0. The van der Waals surface area contributed by atoms with Crippen LogP contribution in [0.15, 0.2) is 0 Å². The number of rotatable bonds is 2. The monoisotopic (exact) mass is 180 g/mol. The molecule has 2 fully saturated rings. The van der Waals surface area contributed by atoms with Crippen LogP contribution >= 0.6 is 0 Å². The molecule has 2 saturated heterocycles. The van der Waals surface area contributed by atoms with Crippen molar-refractivity contribution in [3.63, 3.8) is 0 Å². The van der Waals surface area contributed by atoms with Crippen molar-refractivity contribution in [1.82, 2.24) is 4.90 Å². The van der Waals surface area contributed by atoms with Crippen molar-refractivity contribution >= 4 is 0 Å². The van der Waals surface area contributed by atoms with Crippen LogP contribution in [0.1, 0.15) is 13.8 Å². The molecule has 2 rings (SSSR count). The highest BCUT2D eigenvalue weighted by atomic mass is 16.5. The third-order valence-corrected chi connectivity index (χ3v) is 3.05. The number of nitriles is 1. The van der Waals surface area contributed by atoms with Crippen LogP contribution in [-0.4, -0.2) is 37.2 Å². The van der Waals surface area contributed by atoms with Crippen molar-refractivity contribution in [2.45, 2.75) is 19.9 Å². The van der Waals surface area contributed by atoms with E-state index < -0.39 is 0 Å². The van der Waals surface area contributed by atoms with Crippen LogP contribution in [0, 0.1) is 22.7 Å². The highest BCUT2D eigenvalue weighted by Crippen LogP contribution is 2.39. The maximum Gasteiger partial charge on any atom is 0.100 e. The molecule has 3 nitrogen and oxygen atoms in total. The van der Waals surface area contributed by atoms with E-state index in [1.165, 1.54) is 0 Å². The average Bonchev–Trinajstić information content (AvgIpc) is 1.90. The van der Waals surface area contributed by atoms with Gasteiger partial charge in [-0.2, -0.15) is 5.26 Å². The largest absolute Gasteiger partial charge is 0.380 e. The van der Waals surface area contributed by atoms with Crippen molar-refractivity contribution in [2.75, 3.05) is 26.3 Å². The van der Waals surface area contributed by atoms with Gasteiger partial charge in [0.25, 0.3) is 0 Å². The molecule has 13 heavy (non-hydrogen) atoms. The summed E-state index contributed by atoms with van der Waals surface area (Å²) in [5, 5.41) is 8.97. The second-order valence-electron chi connectivity index (χ2n) is 4.72. The third-order valence-electron chi connectivity index (χ3n) is 3.05. The number of hydrogen-bond acceptors (Lipinski definition) is 3. The zero-order valence-electron chi connectivity index (χ0n) is 8.29. The highest BCUT2D eigenvalue weighted by molar-refractivity contribution is 5.06. The summed E-state index contributed by atoms with van der Waals surface area (Å²) >= 11 is 0. The summed E-state index contributed by atoms with van der Waals surface area (Å²) in [6.45, 7) is 8.14. The molecule has 2 aliphatic rings. The lowest BCUT2D eigenvalue weighted by molar-refractivity contribution is -0.196. The Morgan fingerprint density at radius 3 is 2.31 bits per heavy atom. The van der Waals surface area contributed by atoms with E-state index in [1.54, 1.807) is 0 Å². The van der Waals surface area contributed by atoms with Crippen molar-refractivity contribution in [2.24, 2.45) is 11.3 Å². The fourth-order valence-electron chi connectivity index (χ4n) is 2.24. The first-order valence-corrected chi connectivity index (χ1v) is 4.88. The van der Waals surface area contributed by atoms with Crippen LogP contribution in [0.4, 0.5) is 0 Å². The van der Waals surface area contributed by atoms with Gasteiger partial charge in [0.05, 0.1) is 19.3 Å². The van der Waals surface area contributed by atoms with Gasteiger partial charge in [-0.3, -0.25) is 4.90 Å². The van der Waals surface area contributed by atoms with Crippen LogP contribution < -0.4 is 0 Å². The number of likely N-dealkylation sites (tertiary alicyclic amines) is 1. The highest BCUT2D eigenvalue weighted by Gasteiger charge is 2.51. The fraction of sp³-hybridized carbons (Fsp3) is 0.900. The Balaban J connectivity index is 1.87. The van der Waals surface area contributed by atoms with E-state index in [4.69, 9.17) is 10.00 Å². The smallest absolute Gasteiger partial charge is 0.100 e. The van der Waals surface area contributed by atoms with E-state index in [1.807, 2.05) is 0 Å². The molecule has 0 saturated carbocycles. The SMILES string of the molecule is CC(C)C(C#N)N1CC2(COC2)C1. The second kappa shape index (κ2) is 2.97. The first kappa shape index (κ1) is 8.98. The van der Waals surface area contributed by atoms with Gasteiger partial charge in [-0.15, -0.1) is 0 Å². The lowest BCUT2D eigenvalue weighted by Gasteiger charge is -2.56. The molecule has 0 amide bonds. The molecule has 0 aliphatic carbocycles. The van der Waals surface area contributed by atoms with Crippen LogP contribution in [0.25, 0.3) is 0 Å². The zero-order valence-corrected chi connectivity index (χ0v) is 8.29. The van der Waals surface area contributed by atoms with E-state index in [2.05, 4.69) is 24.8 Å². The van der Waals surface area contributed by atoms with E-state index in [-0.39, 0.29) is 6.04 Å². The minimum Gasteiger partial charge on any atom is -0.380 e. The molecule has 0 radical (unpaired) electrons. The van der Waals surface area contributed by atoms with Gasteiger partial charge in [-0.05, 0) is 5.92 Å². The van der Waals surface area contributed by atoms with Gasteiger partial charge in [-0.1, -0.05) is 13.8 Å². The molecule has 0 aromatic rings. The van der Waals surface area contributed by atoms with Gasteiger partial charge in [0.1, 0.15) is 6.04 Å². The van der Waals surface area contributed by atoms with Crippen molar-refractivity contribution < 1.29 is 4.74 Å². The van der Waals surface area contributed by atoms with Gasteiger partial charge >= 0.3 is 0 Å². The van der Waals surface area contributed by atoms with Crippen molar-refractivity contribution in [1.29, 1.82) is 5.26 Å². The summed E-state index contributed by atoms with van der Waals surface area (Å²) < 4.78 is 5.19. The van der Waals surface area contributed by atoms with Crippen molar-refractivity contribution in [3.8, 4) is 6.07 Å². The van der Waals surface area contributed by atoms with E-state index in [9.17, 15) is 0 Å². The molecular weight excluding hydrogens is 164 g/mol. The Morgan fingerprint density at radius 1 is 1.38 bits per heavy atom. The second-order valence-corrected chi connectivity index (χ2v) is 4.72. The van der Waals surface area contributed by atoms with Gasteiger partial charge in [-0.25, -0.2) is 0 Å². The van der Waals surface area contributed by atoms with E-state index >= 15 is 0 Å². The lowest BCUT2D eigenvalue weighted by Crippen LogP contribution is -2.68. The molecule has 0 aromatic carbocycles. The number of nitrogens with zero attached hydrogens (tertiary/aromatic N) is 2. The molecule has 1 atom stereocenters. The zero-order chi connectivity index (χ0) is 9.47. The minimum absolute atomic E-state index is 0.103. The Morgan fingerprint density at radius 2 is 2.00 bits per heavy atom. The number of ether oxygens (including phenoxy) is 1. The topological polar surface area (TPSA) is 36.3 Å². The molecule has 1 unspecified atom stereocenters. The fourth-order valence-corrected chi connectivity index (χ4v) is 2.24. The maximum atomic E-state index is 8.97. The first-order valence-electron chi connectivity index (χ1n) is 4.88. The van der Waals surface area contributed by atoms with E-state index in [0.29, 0.717) is 11.3 Å². The predicted octanol–water partition coefficient (Wildman–Crippen LogP) is 0.867. The molecule has 72 valence electrons. The summed E-state index contributed by atoms with van der Waals surface area (Å²) in [5.74, 6) is 0.434. The van der Waals surface area contributed by atoms with Crippen LogP contribution in [0.2, 0.25) is 0 Å². The summed E-state index contributed by atoms with van der Waals surface area (Å²) in [6, 6.07) is 2.48. The maximum absolute atomic E-state index is 8.97. The third kappa shape index (κ3) is 1.34. The standard InChI is InChI=1S/C10H16N2O/c1-8(2)9(3-11)12-4-10(5-12)6-13-7-10/h8-9H,4-7H2,1-2H3. The average molecular weight is 180 g/mol. The quantitative estimate of drug-likeness (QED) is 0.632. The minimum atomic E-state index is 0.103. The Kier molecular flexibility index (Phi) is 2.05.